The fraction of sp³-hybridized carbons (Fsp3) is 0.462. The average molecular weight is 420 g/mol. The Kier molecular flexibility index (Phi) is 7.09. The number of nitrogens with one attached hydrogen (secondary N) is 1. The predicted molar refractivity (Wildman–Crippen MR) is 97.1 cm³/mol. The Balaban J connectivity index is 0.00000220. The maximum Gasteiger partial charge on any atom is 0.194 e. The van der Waals surface area contributed by atoms with Crippen molar-refractivity contribution < 1.29 is 0 Å². The SMILES string of the molecule is CN=C(NCc1nccn1C)N(C)Cc1csc(C)n1.I. The second-order valence-corrected chi connectivity index (χ2v) is 5.63. The van der Waals surface area contributed by atoms with Gasteiger partial charge >= 0.3 is 0 Å². The molecule has 1 N–H and O–H groups in total. The monoisotopic (exact) mass is 420 g/mol. The van der Waals surface area contributed by atoms with Crippen molar-refractivity contribution in [2.24, 2.45) is 12.0 Å². The largest absolute Gasteiger partial charge is 0.349 e. The first kappa shape index (κ1) is 17.9. The topological polar surface area (TPSA) is 58.3 Å². The third-order valence-electron chi connectivity index (χ3n) is 2.96. The van der Waals surface area contributed by atoms with Crippen LogP contribution in [0.25, 0.3) is 0 Å². The molecule has 0 saturated carbocycles. The van der Waals surface area contributed by atoms with E-state index >= 15 is 0 Å². The minimum Gasteiger partial charge on any atom is -0.349 e. The number of thiazole rings is 1. The van der Waals surface area contributed by atoms with Crippen LogP contribution in [0.15, 0.2) is 22.8 Å². The standard InChI is InChI=1S/C13H20N6S.HI/c1-10-17-11(9-20-10)8-19(4)13(14-2)16-7-12-15-5-6-18(12)3;/h5-6,9H,7-8H2,1-4H3,(H,14,16);1H. The third-order valence-corrected chi connectivity index (χ3v) is 3.79. The van der Waals surface area contributed by atoms with Crippen molar-refractivity contribution in [3.05, 3.63) is 34.3 Å². The number of aliphatic imine (C=N–C) groups is 1. The van der Waals surface area contributed by atoms with E-state index in [0.29, 0.717) is 6.54 Å². The highest BCUT2D eigenvalue weighted by molar-refractivity contribution is 14.0. The maximum atomic E-state index is 4.47. The van der Waals surface area contributed by atoms with Crippen LogP contribution in [0.2, 0.25) is 0 Å². The summed E-state index contributed by atoms with van der Waals surface area (Å²) in [4.78, 5) is 15.1. The van der Waals surface area contributed by atoms with Crippen molar-refractivity contribution in [1.29, 1.82) is 0 Å². The summed E-state index contributed by atoms with van der Waals surface area (Å²) in [5, 5.41) is 6.48. The van der Waals surface area contributed by atoms with Crippen LogP contribution in [0, 0.1) is 6.92 Å². The molecule has 2 rings (SSSR count). The number of nitrogens with zero attached hydrogens (tertiary/aromatic N) is 5. The van der Waals surface area contributed by atoms with Gasteiger partial charge in [-0.05, 0) is 6.92 Å². The lowest BCUT2D eigenvalue weighted by Gasteiger charge is -2.21. The van der Waals surface area contributed by atoms with E-state index in [-0.39, 0.29) is 24.0 Å². The van der Waals surface area contributed by atoms with Crippen LogP contribution in [0.1, 0.15) is 16.5 Å². The Morgan fingerprint density at radius 3 is 2.81 bits per heavy atom. The molecule has 8 heteroatoms. The number of halogens is 1. The molecule has 116 valence electrons. The molecular weight excluding hydrogens is 399 g/mol. The second kappa shape index (κ2) is 8.32. The van der Waals surface area contributed by atoms with E-state index in [0.717, 1.165) is 29.0 Å². The second-order valence-electron chi connectivity index (χ2n) is 4.57. The van der Waals surface area contributed by atoms with Gasteiger partial charge < -0.3 is 14.8 Å². The van der Waals surface area contributed by atoms with E-state index in [1.807, 2.05) is 31.8 Å². The van der Waals surface area contributed by atoms with Gasteiger partial charge in [0.05, 0.1) is 23.8 Å². The summed E-state index contributed by atoms with van der Waals surface area (Å²) >= 11 is 1.67. The van der Waals surface area contributed by atoms with Gasteiger partial charge in [0.1, 0.15) is 5.82 Å². The van der Waals surface area contributed by atoms with Crippen LogP contribution in [0.4, 0.5) is 0 Å². The van der Waals surface area contributed by atoms with Gasteiger partial charge in [0, 0.05) is 38.9 Å². The molecule has 0 atom stereocenters. The summed E-state index contributed by atoms with van der Waals surface area (Å²) in [5.41, 5.74) is 1.06. The van der Waals surface area contributed by atoms with Gasteiger partial charge in [0.15, 0.2) is 5.96 Å². The average Bonchev–Trinajstić information content (AvgIpc) is 3.00. The number of hydrogen-bond acceptors (Lipinski definition) is 4. The van der Waals surface area contributed by atoms with Crippen LogP contribution in [-0.2, 0) is 20.1 Å². The van der Waals surface area contributed by atoms with E-state index in [4.69, 9.17) is 0 Å². The molecule has 0 aliphatic rings. The molecule has 2 aromatic rings. The quantitative estimate of drug-likeness (QED) is 0.467. The van der Waals surface area contributed by atoms with Gasteiger partial charge in [-0.15, -0.1) is 35.3 Å². The first-order valence-electron chi connectivity index (χ1n) is 6.39. The van der Waals surface area contributed by atoms with Gasteiger partial charge in [0.2, 0.25) is 0 Å². The van der Waals surface area contributed by atoms with Crippen molar-refractivity contribution in [2.75, 3.05) is 14.1 Å². The number of aromatic nitrogens is 3. The number of rotatable bonds is 4. The predicted octanol–water partition coefficient (Wildman–Crippen LogP) is 2.01. The molecule has 0 spiro atoms. The Hall–Kier alpha value is -1.16. The van der Waals surface area contributed by atoms with Crippen LogP contribution in [0.5, 0.6) is 0 Å². The Labute approximate surface area is 146 Å². The van der Waals surface area contributed by atoms with Crippen molar-refractivity contribution in [2.45, 2.75) is 20.0 Å². The lowest BCUT2D eigenvalue weighted by Crippen LogP contribution is -2.38. The summed E-state index contributed by atoms with van der Waals surface area (Å²) in [6.45, 7) is 3.41. The minimum absolute atomic E-state index is 0. The number of hydrogen-bond donors (Lipinski definition) is 1. The van der Waals surface area contributed by atoms with Crippen molar-refractivity contribution in [1.82, 2.24) is 24.8 Å². The highest BCUT2D eigenvalue weighted by Gasteiger charge is 2.09. The lowest BCUT2D eigenvalue weighted by atomic mass is 10.4. The highest BCUT2D eigenvalue weighted by atomic mass is 127. The third kappa shape index (κ3) is 4.95. The van der Waals surface area contributed by atoms with E-state index in [9.17, 15) is 0 Å². The zero-order valence-corrected chi connectivity index (χ0v) is 15.8. The summed E-state index contributed by atoms with van der Waals surface area (Å²) in [6, 6.07) is 0. The normalized spacial score (nSPS) is 11.1. The fourth-order valence-corrected chi connectivity index (χ4v) is 2.51. The summed E-state index contributed by atoms with van der Waals surface area (Å²) in [6.07, 6.45) is 3.73. The van der Waals surface area contributed by atoms with Crippen LogP contribution < -0.4 is 5.32 Å². The molecule has 0 unspecified atom stereocenters. The molecule has 2 aromatic heterocycles. The van der Waals surface area contributed by atoms with E-state index in [1.165, 1.54) is 0 Å². The van der Waals surface area contributed by atoms with Gasteiger partial charge in [-0.25, -0.2) is 9.97 Å². The molecule has 0 aliphatic heterocycles. The minimum atomic E-state index is 0. The van der Waals surface area contributed by atoms with Crippen molar-refractivity contribution >= 4 is 41.3 Å². The molecule has 0 aliphatic carbocycles. The van der Waals surface area contributed by atoms with Gasteiger partial charge in [0.25, 0.3) is 0 Å². The number of aryl methyl sites for hydroxylation is 2. The molecule has 0 amide bonds. The van der Waals surface area contributed by atoms with E-state index in [1.54, 1.807) is 24.6 Å². The Bertz CT molecular complexity index is 591. The molecular formula is C13H21IN6S. The van der Waals surface area contributed by atoms with Gasteiger partial charge in [-0.3, -0.25) is 4.99 Å². The molecule has 2 heterocycles. The highest BCUT2D eigenvalue weighted by Crippen LogP contribution is 2.09. The molecule has 0 aromatic carbocycles. The van der Waals surface area contributed by atoms with E-state index in [2.05, 4.69) is 30.6 Å². The summed E-state index contributed by atoms with van der Waals surface area (Å²) < 4.78 is 1.99. The molecule has 0 bridgehead atoms. The molecule has 6 nitrogen and oxygen atoms in total. The smallest absolute Gasteiger partial charge is 0.194 e. The molecule has 0 radical (unpaired) electrons. The first-order valence-corrected chi connectivity index (χ1v) is 7.27. The Morgan fingerprint density at radius 2 is 2.29 bits per heavy atom. The van der Waals surface area contributed by atoms with Crippen molar-refractivity contribution in [3.8, 4) is 0 Å². The zero-order valence-electron chi connectivity index (χ0n) is 12.7. The summed E-state index contributed by atoms with van der Waals surface area (Å²) in [5.74, 6) is 1.81. The van der Waals surface area contributed by atoms with Gasteiger partial charge in [-0.1, -0.05) is 0 Å². The van der Waals surface area contributed by atoms with Crippen LogP contribution >= 0.6 is 35.3 Å². The number of imidazole rings is 1. The summed E-state index contributed by atoms with van der Waals surface area (Å²) in [7, 11) is 5.76. The van der Waals surface area contributed by atoms with Crippen molar-refractivity contribution in [3.63, 3.8) is 0 Å². The first-order chi connectivity index (χ1) is 9.60. The maximum absolute atomic E-state index is 4.47. The molecule has 21 heavy (non-hydrogen) atoms. The number of guanidine groups is 1. The molecule has 0 fully saturated rings. The Morgan fingerprint density at radius 1 is 1.52 bits per heavy atom. The fourth-order valence-electron chi connectivity index (χ4n) is 1.91. The van der Waals surface area contributed by atoms with Gasteiger partial charge in [-0.2, -0.15) is 0 Å². The van der Waals surface area contributed by atoms with Crippen LogP contribution in [-0.4, -0.2) is 39.5 Å². The van der Waals surface area contributed by atoms with Crippen LogP contribution in [0.3, 0.4) is 0 Å². The van der Waals surface area contributed by atoms with E-state index < -0.39 is 0 Å². The zero-order chi connectivity index (χ0) is 14.5. The molecule has 0 saturated heterocycles. The lowest BCUT2D eigenvalue weighted by molar-refractivity contribution is 0.468.